The van der Waals surface area contributed by atoms with Gasteiger partial charge in [-0.3, -0.25) is 4.72 Å². The van der Waals surface area contributed by atoms with Crippen molar-refractivity contribution in [1.82, 2.24) is 0 Å². The van der Waals surface area contributed by atoms with Gasteiger partial charge in [0.15, 0.2) is 0 Å². The van der Waals surface area contributed by atoms with Gasteiger partial charge in [0.2, 0.25) is 0 Å². The molecular weight excluding hydrogens is 308 g/mol. The van der Waals surface area contributed by atoms with E-state index in [4.69, 9.17) is 17.3 Å². The molecule has 108 valence electrons. The van der Waals surface area contributed by atoms with Crippen LogP contribution in [0.15, 0.2) is 53.4 Å². The minimum atomic E-state index is -3.72. The van der Waals surface area contributed by atoms with Crippen LogP contribution in [-0.4, -0.2) is 15.0 Å². The number of anilines is 1. The molecule has 3 N–H and O–H groups in total. The number of nitrogens with two attached hydrogens (primary N) is 1. The first-order valence-corrected chi connectivity index (χ1v) is 7.95. The maximum atomic E-state index is 12.3. The average Bonchev–Trinajstić information content (AvgIpc) is 2.46. The molecule has 0 aliphatic rings. The van der Waals surface area contributed by atoms with Crippen molar-refractivity contribution in [2.45, 2.75) is 4.90 Å². The van der Waals surface area contributed by atoms with Gasteiger partial charge in [-0.1, -0.05) is 41.6 Å². The van der Waals surface area contributed by atoms with Crippen LogP contribution in [0, 0.1) is 11.8 Å². The molecular formula is C15H13ClN2O2S. The molecule has 2 aromatic carbocycles. The maximum Gasteiger partial charge on any atom is 0.261 e. The van der Waals surface area contributed by atoms with Gasteiger partial charge >= 0.3 is 0 Å². The number of rotatable bonds is 3. The van der Waals surface area contributed by atoms with Gasteiger partial charge in [-0.15, -0.1) is 0 Å². The third-order valence-electron chi connectivity index (χ3n) is 2.60. The Bertz CT molecular complexity index is 808. The molecule has 2 aromatic rings. The maximum absolute atomic E-state index is 12.3. The molecule has 21 heavy (non-hydrogen) atoms. The van der Waals surface area contributed by atoms with E-state index >= 15 is 0 Å². The van der Waals surface area contributed by atoms with Crippen molar-refractivity contribution in [3.63, 3.8) is 0 Å². The molecule has 0 saturated heterocycles. The predicted octanol–water partition coefficient (Wildman–Crippen LogP) is 2.45. The lowest BCUT2D eigenvalue weighted by Crippen LogP contribution is -2.13. The van der Waals surface area contributed by atoms with Crippen LogP contribution in [0.25, 0.3) is 0 Å². The summed E-state index contributed by atoms with van der Waals surface area (Å²) >= 11 is 5.83. The first kappa shape index (κ1) is 15.4. The fraction of sp³-hybridized carbons (Fsp3) is 0.0667. The summed E-state index contributed by atoms with van der Waals surface area (Å²) in [7, 11) is -3.72. The normalized spacial score (nSPS) is 10.6. The Labute approximate surface area is 129 Å². The topological polar surface area (TPSA) is 72.2 Å². The Morgan fingerprint density at radius 1 is 1.14 bits per heavy atom. The van der Waals surface area contributed by atoms with Crippen molar-refractivity contribution < 1.29 is 8.42 Å². The van der Waals surface area contributed by atoms with Gasteiger partial charge in [0.25, 0.3) is 10.0 Å². The zero-order valence-electron chi connectivity index (χ0n) is 11.0. The molecule has 0 aliphatic carbocycles. The molecule has 0 radical (unpaired) electrons. The summed E-state index contributed by atoms with van der Waals surface area (Å²) in [5.74, 6) is 5.53. The number of halogens is 1. The second-order valence-corrected chi connectivity index (χ2v) is 6.23. The van der Waals surface area contributed by atoms with Gasteiger partial charge < -0.3 is 5.73 Å². The third-order valence-corrected chi connectivity index (χ3v) is 4.20. The molecule has 0 bridgehead atoms. The largest absolute Gasteiger partial charge is 0.320 e. The molecule has 6 heteroatoms. The summed E-state index contributed by atoms with van der Waals surface area (Å²) in [5, 5.41) is 0.356. The molecule has 2 rings (SSSR count). The van der Waals surface area contributed by atoms with Gasteiger partial charge in [0, 0.05) is 10.6 Å². The van der Waals surface area contributed by atoms with Crippen LogP contribution < -0.4 is 10.5 Å². The van der Waals surface area contributed by atoms with Crippen molar-refractivity contribution in [1.29, 1.82) is 0 Å². The molecule has 0 fully saturated rings. The van der Waals surface area contributed by atoms with E-state index in [9.17, 15) is 8.42 Å². The van der Waals surface area contributed by atoms with Crippen LogP contribution in [0.1, 0.15) is 5.56 Å². The van der Waals surface area contributed by atoms with E-state index in [1.807, 2.05) is 0 Å². The highest BCUT2D eigenvalue weighted by atomic mass is 35.5. The second kappa shape index (κ2) is 6.64. The van der Waals surface area contributed by atoms with Crippen molar-refractivity contribution in [2.75, 3.05) is 11.3 Å². The zero-order valence-corrected chi connectivity index (χ0v) is 12.6. The quantitative estimate of drug-likeness (QED) is 0.853. The summed E-state index contributed by atoms with van der Waals surface area (Å²) in [6.45, 7) is 0.204. The summed E-state index contributed by atoms with van der Waals surface area (Å²) in [6, 6.07) is 12.9. The highest BCUT2D eigenvalue weighted by Gasteiger charge is 2.15. The van der Waals surface area contributed by atoms with Crippen molar-refractivity contribution in [3.8, 4) is 11.8 Å². The highest BCUT2D eigenvalue weighted by Crippen LogP contribution is 2.21. The van der Waals surface area contributed by atoms with E-state index in [2.05, 4.69) is 16.6 Å². The van der Waals surface area contributed by atoms with Crippen LogP contribution in [0.3, 0.4) is 0 Å². The summed E-state index contributed by atoms with van der Waals surface area (Å²) in [6.07, 6.45) is 0. The van der Waals surface area contributed by atoms with Crippen molar-refractivity contribution >= 4 is 27.3 Å². The Kier molecular flexibility index (Phi) is 4.86. The number of sulfonamides is 1. The highest BCUT2D eigenvalue weighted by molar-refractivity contribution is 7.92. The van der Waals surface area contributed by atoms with Crippen LogP contribution in [0.2, 0.25) is 5.02 Å². The molecule has 0 saturated carbocycles. The number of hydrogen-bond donors (Lipinski definition) is 2. The molecule has 0 spiro atoms. The van der Waals surface area contributed by atoms with Gasteiger partial charge in [-0.05, 0) is 30.3 Å². The summed E-state index contributed by atoms with van der Waals surface area (Å²) in [5.41, 5.74) is 6.30. The molecule has 0 aromatic heterocycles. The Morgan fingerprint density at radius 2 is 1.90 bits per heavy atom. The zero-order chi connectivity index (χ0) is 15.3. The number of hydrogen-bond acceptors (Lipinski definition) is 3. The molecule has 0 aliphatic heterocycles. The van der Waals surface area contributed by atoms with Crippen LogP contribution in [-0.2, 0) is 10.0 Å². The predicted molar refractivity (Wildman–Crippen MR) is 84.6 cm³/mol. The molecule has 0 heterocycles. The number of benzene rings is 2. The molecule has 0 amide bonds. The molecule has 4 nitrogen and oxygen atoms in total. The van der Waals surface area contributed by atoms with E-state index in [1.165, 1.54) is 12.1 Å². The van der Waals surface area contributed by atoms with E-state index in [0.29, 0.717) is 16.3 Å². The number of nitrogens with one attached hydrogen (secondary N) is 1. The first-order valence-electron chi connectivity index (χ1n) is 6.09. The van der Waals surface area contributed by atoms with E-state index in [0.717, 1.165) is 0 Å². The Morgan fingerprint density at radius 3 is 2.62 bits per heavy atom. The van der Waals surface area contributed by atoms with E-state index < -0.39 is 10.0 Å². The Hall–Kier alpha value is -2.00. The van der Waals surface area contributed by atoms with Gasteiger partial charge in [-0.25, -0.2) is 8.42 Å². The van der Waals surface area contributed by atoms with Crippen molar-refractivity contribution in [3.05, 3.63) is 59.1 Å². The van der Waals surface area contributed by atoms with Crippen LogP contribution >= 0.6 is 11.6 Å². The monoisotopic (exact) mass is 320 g/mol. The van der Waals surface area contributed by atoms with Crippen molar-refractivity contribution in [2.24, 2.45) is 5.73 Å². The lowest BCUT2D eigenvalue weighted by molar-refractivity contribution is 0.601. The fourth-order valence-corrected chi connectivity index (χ4v) is 3.05. The van der Waals surface area contributed by atoms with Crippen LogP contribution in [0.4, 0.5) is 5.69 Å². The first-order chi connectivity index (χ1) is 10.0. The smallest absolute Gasteiger partial charge is 0.261 e. The molecule has 0 atom stereocenters. The standard InChI is InChI=1S/C15H13ClN2O2S/c16-13-7-3-8-14(11-13)21(19,20)18-15-9-2-1-5-12(15)6-4-10-17/h1-3,5,7-9,11,18H,10,17H2. The Balaban J connectivity index is 2.38. The van der Waals surface area contributed by atoms with Gasteiger partial charge in [-0.2, -0.15) is 0 Å². The third kappa shape index (κ3) is 3.99. The minimum Gasteiger partial charge on any atom is -0.320 e. The number of para-hydroxylation sites is 1. The summed E-state index contributed by atoms with van der Waals surface area (Å²) < 4.78 is 27.2. The minimum absolute atomic E-state index is 0.0941. The van der Waals surface area contributed by atoms with Gasteiger partial charge in [0.1, 0.15) is 0 Å². The lowest BCUT2D eigenvalue weighted by atomic mass is 10.2. The second-order valence-electron chi connectivity index (χ2n) is 4.11. The fourth-order valence-electron chi connectivity index (χ4n) is 1.67. The lowest BCUT2D eigenvalue weighted by Gasteiger charge is -2.10. The molecule has 0 unspecified atom stereocenters. The van der Waals surface area contributed by atoms with E-state index in [1.54, 1.807) is 36.4 Å². The van der Waals surface area contributed by atoms with Crippen LogP contribution in [0.5, 0.6) is 0 Å². The van der Waals surface area contributed by atoms with Gasteiger partial charge in [0.05, 0.1) is 17.1 Å². The SMILES string of the molecule is NCC#Cc1ccccc1NS(=O)(=O)c1cccc(Cl)c1. The average molecular weight is 321 g/mol. The van der Waals surface area contributed by atoms with E-state index in [-0.39, 0.29) is 11.4 Å². The summed E-state index contributed by atoms with van der Waals surface area (Å²) in [4.78, 5) is 0.0941.